The van der Waals surface area contributed by atoms with Crippen molar-refractivity contribution in [3.63, 3.8) is 0 Å². The van der Waals surface area contributed by atoms with Crippen LogP contribution in [0.4, 0.5) is 8.78 Å². The normalized spacial score (nSPS) is 10.7. The lowest BCUT2D eigenvalue weighted by atomic mass is 10.1. The largest absolute Gasteiger partial charge is 0.338 e. The minimum atomic E-state index is -0.251. The highest BCUT2D eigenvalue weighted by molar-refractivity contribution is 5.68. The zero-order valence-corrected chi connectivity index (χ0v) is 21.7. The van der Waals surface area contributed by atoms with E-state index in [0.717, 1.165) is 56.4 Å². The highest BCUT2D eigenvalue weighted by Gasteiger charge is 2.12. The quantitative estimate of drug-likeness (QED) is 0.267. The van der Waals surface area contributed by atoms with Crippen molar-refractivity contribution in [1.29, 1.82) is 0 Å². The maximum atomic E-state index is 13.0. The minimum absolute atomic E-state index is 0.244. The molecule has 39 heavy (non-hydrogen) atoms. The fourth-order valence-electron chi connectivity index (χ4n) is 4.22. The standard InChI is InChI=1S/C16H14FN3.C15H12FN3/c1-11-7-8-18-9-14(11)15-10-19-16(20(15)2)12-3-5-13(17)6-4-12;1-10-6-7-17-8-13(10)14-9-18-15(19-14)11-2-4-12(16)5-3-11/h3-10H,1-2H3;2-9H,1H3,(H,18,19). The number of pyridine rings is 2. The molecule has 6 aromatic rings. The lowest BCUT2D eigenvalue weighted by Gasteiger charge is -2.08. The van der Waals surface area contributed by atoms with E-state index in [0.29, 0.717) is 0 Å². The second-order valence-electron chi connectivity index (χ2n) is 9.07. The third kappa shape index (κ3) is 5.65. The van der Waals surface area contributed by atoms with Crippen LogP contribution in [0.1, 0.15) is 11.1 Å². The van der Waals surface area contributed by atoms with Gasteiger partial charge in [0.2, 0.25) is 0 Å². The van der Waals surface area contributed by atoms with E-state index >= 15 is 0 Å². The number of H-pyrrole nitrogens is 1. The summed E-state index contributed by atoms with van der Waals surface area (Å²) in [6.45, 7) is 4.07. The van der Waals surface area contributed by atoms with Crippen LogP contribution in [0.5, 0.6) is 0 Å². The smallest absolute Gasteiger partial charge is 0.140 e. The molecule has 0 fully saturated rings. The number of hydrogen-bond acceptors (Lipinski definition) is 4. The molecule has 4 heterocycles. The number of aryl methyl sites for hydroxylation is 2. The van der Waals surface area contributed by atoms with Crippen LogP contribution in [-0.2, 0) is 7.05 Å². The van der Waals surface area contributed by atoms with Crippen LogP contribution in [0.3, 0.4) is 0 Å². The van der Waals surface area contributed by atoms with E-state index in [4.69, 9.17) is 0 Å². The van der Waals surface area contributed by atoms with Gasteiger partial charge in [0.15, 0.2) is 0 Å². The van der Waals surface area contributed by atoms with Crippen molar-refractivity contribution in [2.45, 2.75) is 13.8 Å². The number of benzene rings is 2. The Morgan fingerprint density at radius 2 is 1.21 bits per heavy atom. The maximum absolute atomic E-state index is 13.0. The molecule has 0 aliphatic carbocycles. The van der Waals surface area contributed by atoms with Crippen LogP contribution >= 0.6 is 0 Å². The highest BCUT2D eigenvalue weighted by atomic mass is 19.1. The van der Waals surface area contributed by atoms with Gasteiger partial charge in [-0.15, -0.1) is 0 Å². The van der Waals surface area contributed by atoms with Crippen molar-refractivity contribution in [2.24, 2.45) is 7.05 Å². The number of nitrogens with zero attached hydrogens (tertiary/aromatic N) is 5. The zero-order chi connectivity index (χ0) is 27.4. The van der Waals surface area contributed by atoms with Crippen molar-refractivity contribution < 1.29 is 8.78 Å². The van der Waals surface area contributed by atoms with Gasteiger partial charge in [0.1, 0.15) is 23.3 Å². The Labute approximate surface area is 225 Å². The SMILES string of the molecule is Cc1ccncc1-c1cnc(-c2ccc(F)cc2)[nH]1.Cc1ccncc1-c1cnc(-c2ccc(F)cc2)n1C. The summed E-state index contributed by atoms with van der Waals surface area (Å²) in [5.41, 5.74) is 7.99. The Hall–Kier alpha value is -4.98. The number of halogens is 2. The van der Waals surface area contributed by atoms with Crippen molar-refractivity contribution in [2.75, 3.05) is 0 Å². The topological polar surface area (TPSA) is 72.3 Å². The van der Waals surface area contributed by atoms with Crippen LogP contribution in [0, 0.1) is 25.5 Å². The molecule has 194 valence electrons. The molecule has 2 aromatic carbocycles. The Balaban J connectivity index is 0.000000158. The summed E-state index contributed by atoms with van der Waals surface area (Å²) < 4.78 is 27.9. The average Bonchev–Trinajstić information content (AvgIpc) is 3.58. The van der Waals surface area contributed by atoms with E-state index in [1.165, 1.54) is 24.3 Å². The third-order valence-electron chi connectivity index (χ3n) is 6.43. The van der Waals surface area contributed by atoms with Gasteiger partial charge in [0.05, 0.1) is 23.8 Å². The number of imidazole rings is 2. The van der Waals surface area contributed by atoms with E-state index in [-0.39, 0.29) is 11.6 Å². The fourth-order valence-corrected chi connectivity index (χ4v) is 4.22. The van der Waals surface area contributed by atoms with Gasteiger partial charge in [-0.3, -0.25) is 9.97 Å². The van der Waals surface area contributed by atoms with Gasteiger partial charge in [-0.05, 0) is 85.6 Å². The molecular weight excluding hydrogens is 494 g/mol. The number of aromatic nitrogens is 6. The van der Waals surface area contributed by atoms with Crippen molar-refractivity contribution >= 4 is 0 Å². The van der Waals surface area contributed by atoms with E-state index in [9.17, 15) is 8.78 Å². The first-order valence-corrected chi connectivity index (χ1v) is 12.3. The first kappa shape index (κ1) is 25.7. The number of aromatic amines is 1. The second kappa shape index (κ2) is 11.2. The second-order valence-corrected chi connectivity index (χ2v) is 9.07. The summed E-state index contributed by atoms with van der Waals surface area (Å²) in [4.78, 5) is 20.3. The first-order chi connectivity index (χ1) is 18.9. The Bertz CT molecular complexity index is 1700. The molecule has 4 aromatic heterocycles. The van der Waals surface area contributed by atoms with Crippen LogP contribution in [0.15, 0.2) is 97.8 Å². The molecule has 0 saturated carbocycles. The monoisotopic (exact) mass is 520 g/mol. The van der Waals surface area contributed by atoms with Crippen molar-refractivity contribution in [1.82, 2.24) is 29.5 Å². The molecule has 0 amide bonds. The molecule has 0 aliphatic rings. The van der Waals surface area contributed by atoms with Gasteiger partial charge in [-0.25, -0.2) is 18.7 Å². The molecule has 0 unspecified atom stereocenters. The van der Waals surface area contributed by atoms with E-state index in [1.54, 1.807) is 49.1 Å². The first-order valence-electron chi connectivity index (χ1n) is 12.3. The Morgan fingerprint density at radius 3 is 1.79 bits per heavy atom. The van der Waals surface area contributed by atoms with E-state index < -0.39 is 0 Å². The van der Waals surface area contributed by atoms with E-state index in [2.05, 4.69) is 24.9 Å². The summed E-state index contributed by atoms with van der Waals surface area (Å²) in [5, 5.41) is 0. The van der Waals surface area contributed by atoms with Crippen LogP contribution in [0.2, 0.25) is 0 Å². The number of rotatable bonds is 4. The van der Waals surface area contributed by atoms with Crippen LogP contribution < -0.4 is 0 Å². The number of hydrogen-bond donors (Lipinski definition) is 1. The molecule has 6 nitrogen and oxygen atoms in total. The lowest BCUT2D eigenvalue weighted by molar-refractivity contribution is 0.627. The Morgan fingerprint density at radius 1 is 0.641 bits per heavy atom. The Kier molecular flexibility index (Phi) is 7.36. The maximum Gasteiger partial charge on any atom is 0.140 e. The van der Waals surface area contributed by atoms with Gasteiger partial charge in [0.25, 0.3) is 0 Å². The highest BCUT2D eigenvalue weighted by Crippen LogP contribution is 2.27. The molecule has 0 saturated heterocycles. The summed E-state index contributed by atoms with van der Waals surface area (Å²) in [6.07, 6.45) is 10.8. The predicted octanol–water partition coefficient (Wildman–Crippen LogP) is 7.18. The molecule has 0 aliphatic heterocycles. The number of nitrogens with one attached hydrogen (secondary N) is 1. The summed E-state index contributed by atoms with van der Waals surface area (Å²) in [5.74, 6) is 1.03. The molecule has 0 spiro atoms. The molecule has 6 rings (SSSR count). The fraction of sp³-hybridized carbons (Fsp3) is 0.0968. The summed E-state index contributed by atoms with van der Waals surface area (Å²) in [6, 6.07) is 16.5. The minimum Gasteiger partial charge on any atom is -0.338 e. The van der Waals surface area contributed by atoms with Gasteiger partial charge in [-0.2, -0.15) is 0 Å². The van der Waals surface area contributed by atoms with Gasteiger partial charge < -0.3 is 9.55 Å². The van der Waals surface area contributed by atoms with Crippen LogP contribution in [-0.4, -0.2) is 29.5 Å². The molecule has 0 atom stereocenters. The summed E-state index contributed by atoms with van der Waals surface area (Å²) in [7, 11) is 1.95. The van der Waals surface area contributed by atoms with Crippen LogP contribution in [0.25, 0.3) is 45.3 Å². The van der Waals surface area contributed by atoms with E-state index in [1.807, 2.05) is 50.0 Å². The lowest BCUT2D eigenvalue weighted by Crippen LogP contribution is -1.97. The van der Waals surface area contributed by atoms with Crippen molar-refractivity contribution in [3.8, 4) is 45.3 Å². The molecular formula is C31H26F2N6. The van der Waals surface area contributed by atoms with Gasteiger partial charge >= 0.3 is 0 Å². The summed E-state index contributed by atoms with van der Waals surface area (Å²) >= 11 is 0. The average molecular weight is 521 g/mol. The molecule has 0 bridgehead atoms. The predicted molar refractivity (Wildman–Crippen MR) is 149 cm³/mol. The van der Waals surface area contributed by atoms with Gasteiger partial charge in [0, 0.05) is 54.1 Å². The third-order valence-corrected chi connectivity index (χ3v) is 6.43. The molecule has 1 N–H and O–H groups in total. The van der Waals surface area contributed by atoms with Gasteiger partial charge in [-0.1, -0.05) is 0 Å². The zero-order valence-electron chi connectivity index (χ0n) is 21.7. The molecule has 8 heteroatoms. The molecule has 0 radical (unpaired) electrons. The van der Waals surface area contributed by atoms with Crippen molar-refractivity contribution in [3.05, 3.63) is 121 Å².